The van der Waals surface area contributed by atoms with Gasteiger partial charge >= 0.3 is 5.97 Å². The van der Waals surface area contributed by atoms with E-state index in [0.717, 1.165) is 11.3 Å². The highest BCUT2D eigenvalue weighted by Crippen LogP contribution is 2.35. The molecule has 0 saturated heterocycles. The Morgan fingerprint density at radius 2 is 2.18 bits per heavy atom. The average molecular weight is 237 g/mol. The minimum atomic E-state index is -0.839. The summed E-state index contributed by atoms with van der Waals surface area (Å²) in [7, 11) is 1.59. The van der Waals surface area contributed by atoms with Gasteiger partial charge in [0.1, 0.15) is 5.75 Å². The molecule has 0 aromatic heterocycles. The fourth-order valence-corrected chi connectivity index (χ4v) is 1.79. The van der Waals surface area contributed by atoms with E-state index in [-0.39, 0.29) is 12.5 Å². The van der Waals surface area contributed by atoms with Gasteiger partial charge in [0.25, 0.3) is 0 Å². The number of carbonyl (C=O) groups is 1. The number of benzene rings is 1. The van der Waals surface area contributed by atoms with Crippen LogP contribution in [0.25, 0.3) is 0 Å². The summed E-state index contributed by atoms with van der Waals surface area (Å²) in [5, 5.41) is 8.87. The van der Waals surface area contributed by atoms with Gasteiger partial charge in [-0.2, -0.15) is 0 Å². The largest absolute Gasteiger partial charge is 0.497 e. The maximum Gasteiger partial charge on any atom is 0.303 e. The first-order valence-electron chi connectivity index (χ1n) is 5.48. The zero-order valence-electron chi connectivity index (χ0n) is 10.4. The molecule has 1 atom stereocenters. The standard InChI is InChI=1S/C13H19NO3/c1-13(2,8-11(15)16)12(14)9-5-4-6-10(7-9)17-3/h4-7,12H,8,14H2,1-3H3,(H,15,16). The van der Waals surface area contributed by atoms with Crippen LogP contribution in [0.15, 0.2) is 24.3 Å². The van der Waals surface area contributed by atoms with Gasteiger partial charge in [-0.25, -0.2) is 0 Å². The van der Waals surface area contributed by atoms with E-state index >= 15 is 0 Å². The Labute approximate surface area is 101 Å². The minimum Gasteiger partial charge on any atom is -0.497 e. The first-order chi connectivity index (χ1) is 7.86. The molecule has 0 spiro atoms. The number of aliphatic carboxylic acids is 1. The predicted octanol–water partition coefficient (Wildman–Crippen LogP) is 2.20. The second-order valence-electron chi connectivity index (χ2n) is 4.81. The third kappa shape index (κ3) is 3.46. The fourth-order valence-electron chi connectivity index (χ4n) is 1.79. The van der Waals surface area contributed by atoms with Gasteiger partial charge in [-0.15, -0.1) is 0 Å². The first-order valence-corrected chi connectivity index (χ1v) is 5.48. The molecule has 1 rings (SSSR count). The van der Waals surface area contributed by atoms with E-state index in [1.165, 1.54) is 0 Å². The summed E-state index contributed by atoms with van der Waals surface area (Å²) >= 11 is 0. The molecule has 4 heteroatoms. The molecule has 0 bridgehead atoms. The van der Waals surface area contributed by atoms with Crippen molar-refractivity contribution in [1.82, 2.24) is 0 Å². The molecule has 0 radical (unpaired) electrons. The summed E-state index contributed by atoms with van der Waals surface area (Å²) in [5.41, 5.74) is 6.51. The van der Waals surface area contributed by atoms with E-state index in [9.17, 15) is 4.79 Å². The van der Waals surface area contributed by atoms with Crippen LogP contribution in [-0.4, -0.2) is 18.2 Å². The molecule has 0 heterocycles. The monoisotopic (exact) mass is 237 g/mol. The van der Waals surface area contributed by atoms with Gasteiger partial charge in [0.15, 0.2) is 0 Å². The van der Waals surface area contributed by atoms with Crippen LogP contribution in [0, 0.1) is 5.41 Å². The van der Waals surface area contributed by atoms with Crippen molar-refractivity contribution in [3.05, 3.63) is 29.8 Å². The first kappa shape index (κ1) is 13.5. The summed E-state index contributed by atoms with van der Waals surface area (Å²) in [6.45, 7) is 3.70. The molecule has 1 aromatic carbocycles. The molecule has 4 nitrogen and oxygen atoms in total. The van der Waals surface area contributed by atoms with Gasteiger partial charge in [0.05, 0.1) is 13.5 Å². The van der Waals surface area contributed by atoms with Crippen molar-refractivity contribution < 1.29 is 14.6 Å². The third-order valence-electron chi connectivity index (χ3n) is 2.90. The Kier molecular flexibility index (Phi) is 4.12. The van der Waals surface area contributed by atoms with E-state index < -0.39 is 11.4 Å². The van der Waals surface area contributed by atoms with Gasteiger partial charge < -0.3 is 15.6 Å². The molecule has 3 N–H and O–H groups in total. The van der Waals surface area contributed by atoms with Crippen LogP contribution >= 0.6 is 0 Å². The molecule has 1 unspecified atom stereocenters. The van der Waals surface area contributed by atoms with Crippen molar-refractivity contribution in [2.24, 2.45) is 11.1 Å². The lowest BCUT2D eigenvalue weighted by Gasteiger charge is -2.30. The number of hydrogen-bond acceptors (Lipinski definition) is 3. The topological polar surface area (TPSA) is 72.5 Å². The highest BCUT2D eigenvalue weighted by Gasteiger charge is 2.30. The zero-order chi connectivity index (χ0) is 13.1. The quantitative estimate of drug-likeness (QED) is 0.823. The Morgan fingerprint density at radius 1 is 1.53 bits per heavy atom. The van der Waals surface area contributed by atoms with Crippen molar-refractivity contribution >= 4 is 5.97 Å². The van der Waals surface area contributed by atoms with Crippen molar-refractivity contribution in [2.45, 2.75) is 26.3 Å². The number of carboxylic acid groups (broad SMARTS) is 1. The molecule has 0 amide bonds. The van der Waals surface area contributed by atoms with Crippen molar-refractivity contribution in [3.63, 3.8) is 0 Å². The average Bonchev–Trinajstić information content (AvgIpc) is 2.26. The number of ether oxygens (including phenoxy) is 1. The van der Waals surface area contributed by atoms with Crippen molar-refractivity contribution in [1.29, 1.82) is 0 Å². The number of methoxy groups -OCH3 is 1. The fraction of sp³-hybridized carbons (Fsp3) is 0.462. The minimum absolute atomic E-state index is 0.0331. The van der Waals surface area contributed by atoms with Gasteiger partial charge in [-0.1, -0.05) is 26.0 Å². The Hall–Kier alpha value is -1.55. The van der Waals surface area contributed by atoms with E-state index in [4.69, 9.17) is 15.6 Å². The van der Waals surface area contributed by atoms with E-state index in [1.807, 2.05) is 38.1 Å². The molecule has 1 aromatic rings. The van der Waals surface area contributed by atoms with E-state index in [2.05, 4.69) is 0 Å². The number of nitrogens with two attached hydrogens (primary N) is 1. The maximum absolute atomic E-state index is 10.8. The lowest BCUT2D eigenvalue weighted by Crippen LogP contribution is -2.31. The highest BCUT2D eigenvalue weighted by atomic mass is 16.5. The summed E-state index contributed by atoms with van der Waals surface area (Å²) in [6, 6.07) is 7.07. The van der Waals surface area contributed by atoms with Crippen LogP contribution in [0.4, 0.5) is 0 Å². The molecule has 17 heavy (non-hydrogen) atoms. The lowest BCUT2D eigenvalue weighted by molar-refractivity contribution is -0.139. The molecule has 0 aliphatic heterocycles. The number of carboxylic acids is 1. The SMILES string of the molecule is COc1cccc(C(N)C(C)(C)CC(=O)O)c1. The van der Waals surface area contributed by atoms with E-state index in [0.29, 0.717) is 0 Å². The summed E-state index contributed by atoms with van der Waals surface area (Å²) in [4.78, 5) is 10.8. The van der Waals surface area contributed by atoms with Gasteiger partial charge in [-0.3, -0.25) is 4.79 Å². The van der Waals surface area contributed by atoms with Crippen molar-refractivity contribution in [3.8, 4) is 5.75 Å². The van der Waals surface area contributed by atoms with Crippen LogP contribution in [0.3, 0.4) is 0 Å². The summed E-state index contributed by atoms with van der Waals surface area (Å²) in [5.74, 6) is -0.113. The third-order valence-corrected chi connectivity index (χ3v) is 2.90. The molecule has 0 fully saturated rings. The normalized spacial score (nSPS) is 13.2. The van der Waals surface area contributed by atoms with Gasteiger partial charge in [-0.05, 0) is 23.1 Å². The van der Waals surface area contributed by atoms with Crippen LogP contribution < -0.4 is 10.5 Å². The summed E-state index contributed by atoms with van der Waals surface area (Å²) < 4.78 is 5.13. The Bertz CT molecular complexity index is 401. The Morgan fingerprint density at radius 3 is 2.71 bits per heavy atom. The maximum atomic E-state index is 10.8. The van der Waals surface area contributed by atoms with Gasteiger partial charge in [0, 0.05) is 6.04 Å². The lowest BCUT2D eigenvalue weighted by atomic mass is 9.78. The van der Waals surface area contributed by atoms with E-state index in [1.54, 1.807) is 7.11 Å². The molecule has 94 valence electrons. The van der Waals surface area contributed by atoms with Gasteiger partial charge in [0.2, 0.25) is 0 Å². The van der Waals surface area contributed by atoms with Crippen molar-refractivity contribution in [2.75, 3.05) is 7.11 Å². The van der Waals surface area contributed by atoms with Crippen LogP contribution in [-0.2, 0) is 4.79 Å². The number of rotatable bonds is 5. The second-order valence-corrected chi connectivity index (χ2v) is 4.81. The molecular weight excluding hydrogens is 218 g/mol. The zero-order valence-corrected chi connectivity index (χ0v) is 10.4. The van der Waals surface area contributed by atoms with Crippen LogP contribution in [0.5, 0.6) is 5.75 Å². The molecule has 0 aliphatic carbocycles. The predicted molar refractivity (Wildman–Crippen MR) is 66.0 cm³/mol. The number of hydrogen-bond donors (Lipinski definition) is 2. The van der Waals surface area contributed by atoms with Crippen LogP contribution in [0.1, 0.15) is 31.9 Å². The van der Waals surface area contributed by atoms with Crippen LogP contribution in [0.2, 0.25) is 0 Å². The second kappa shape index (κ2) is 5.19. The Balaban J connectivity index is 2.94. The summed E-state index contributed by atoms with van der Waals surface area (Å²) in [6.07, 6.45) is 0.0331. The smallest absolute Gasteiger partial charge is 0.303 e. The molecule has 0 aliphatic rings. The molecule has 0 saturated carbocycles. The molecular formula is C13H19NO3. The highest BCUT2D eigenvalue weighted by molar-refractivity contribution is 5.67.